The van der Waals surface area contributed by atoms with Gasteiger partial charge in [0.2, 0.25) is 0 Å². The van der Waals surface area contributed by atoms with Crippen molar-refractivity contribution < 1.29 is 9.47 Å². The zero-order chi connectivity index (χ0) is 15.2. The van der Waals surface area contributed by atoms with Gasteiger partial charge in [-0.25, -0.2) is 0 Å². The molecule has 2 unspecified atom stereocenters. The van der Waals surface area contributed by atoms with Crippen LogP contribution in [-0.4, -0.2) is 49.9 Å². The van der Waals surface area contributed by atoms with Gasteiger partial charge in [0.1, 0.15) is 11.4 Å². The van der Waals surface area contributed by atoms with Crippen molar-refractivity contribution >= 4 is 0 Å². The first-order valence-corrected chi connectivity index (χ1v) is 8.50. The molecule has 1 N–H and O–H groups in total. The van der Waals surface area contributed by atoms with Crippen LogP contribution in [0.15, 0.2) is 12.1 Å². The van der Waals surface area contributed by atoms with Crippen LogP contribution < -0.4 is 10.1 Å². The second-order valence-corrected chi connectivity index (χ2v) is 7.05. The molecule has 2 fully saturated rings. The van der Waals surface area contributed by atoms with Crippen molar-refractivity contribution in [3.8, 4) is 5.75 Å². The fraction of sp³-hybridized carbons (Fsp3) is 0.667. The summed E-state index contributed by atoms with van der Waals surface area (Å²) in [6.07, 6.45) is 2.20. The number of nitrogens with zero attached hydrogens (tertiary/aromatic N) is 1. The van der Waals surface area contributed by atoms with Gasteiger partial charge in [0.15, 0.2) is 0 Å². The van der Waals surface area contributed by atoms with Gasteiger partial charge in [0.05, 0.1) is 13.2 Å². The smallest absolute Gasteiger partial charge is 0.125 e. The Bertz CT molecular complexity index is 560. The van der Waals surface area contributed by atoms with Crippen LogP contribution in [0.1, 0.15) is 35.6 Å². The standard InChI is InChI=1S/C18H26N2O2/c1-13-9-15-16(20-5-7-21-8-6-20)11-18(3-4-19-12-18)22-17(15)10-14(13)2/h9-10,16,19H,3-8,11-12H2,1-2H3. The second-order valence-electron chi connectivity index (χ2n) is 7.05. The molecule has 0 bridgehead atoms. The third-order valence-corrected chi connectivity index (χ3v) is 5.57. The van der Waals surface area contributed by atoms with Gasteiger partial charge >= 0.3 is 0 Å². The van der Waals surface area contributed by atoms with E-state index in [1.165, 1.54) is 16.7 Å². The van der Waals surface area contributed by atoms with Crippen LogP contribution >= 0.6 is 0 Å². The number of nitrogens with one attached hydrogen (secondary N) is 1. The zero-order valence-electron chi connectivity index (χ0n) is 13.7. The number of fused-ring (bicyclic) bond motifs is 1. The molecule has 3 aliphatic heterocycles. The largest absolute Gasteiger partial charge is 0.485 e. The van der Waals surface area contributed by atoms with E-state index in [0.717, 1.165) is 58.0 Å². The number of ether oxygens (including phenoxy) is 2. The molecule has 2 atom stereocenters. The van der Waals surface area contributed by atoms with E-state index in [0.29, 0.717) is 6.04 Å². The van der Waals surface area contributed by atoms with E-state index in [1.54, 1.807) is 0 Å². The Hall–Kier alpha value is -1.10. The van der Waals surface area contributed by atoms with Gasteiger partial charge in [0.25, 0.3) is 0 Å². The van der Waals surface area contributed by atoms with E-state index in [1.807, 2.05) is 0 Å². The molecule has 1 spiro atoms. The fourth-order valence-corrected chi connectivity index (χ4v) is 4.10. The summed E-state index contributed by atoms with van der Waals surface area (Å²) in [6.45, 7) is 10.2. The highest BCUT2D eigenvalue weighted by Crippen LogP contribution is 2.45. The van der Waals surface area contributed by atoms with Crippen LogP contribution in [0.4, 0.5) is 0 Å². The van der Waals surface area contributed by atoms with Gasteiger partial charge in [0, 0.05) is 44.1 Å². The molecule has 0 aromatic heterocycles. The van der Waals surface area contributed by atoms with E-state index >= 15 is 0 Å². The molecule has 3 heterocycles. The summed E-state index contributed by atoms with van der Waals surface area (Å²) in [5, 5.41) is 3.49. The van der Waals surface area contributed by atoms with Crippen LogP contribution in [0.5, 0.6) is 5.75 Å². The Labute approximate surface area is 132 Å². The highest BCUT2D eigenvalue weighted by molar-refractivity contribution is 5.46. The summed E-state index contributed by atoms with van der Waals surface area (Å²) in [5.74, 6) is 1.11. The van der Waals surface area contributed by atoms with Crippen LogP contribution in [0, 0.1) is 13.8 Å². The summed E-state index contributed by atoms with van der Waals surface area (Å²) < 4.78 is 12.1. The van der Waals surface area contributed by atoms with Crippen molar-refractivity contribution in [3.05, 3.63) is 28.8 Å². The lowest BCUT2D eigenvalue weighted by Gasteiger charge is -2.45. The summed E-state index contributed by atoms with van der Waals surface area (Å²) in [5.41, 5.74) is 4.05. The number of hydrogen-bond donors (Lipinski definition) is 1. The van der Waals surface area contributed by atoms with Crippen LogP contribution in [-0.2, 0) is 4.74 Å². The Kier molecular flexibility index (Phi) is 3.63. The first kappa shape index (κ1) is 14.5. The molecule has 22 heavy (non-hydrogen) atoms. The van der Waals surface area contributed by atoms with E-state index < -0.39 is 0 Å². The number of morpholine rings is 1. The molecule has 1 aromatic carbocycles. The van der Waals surface area contributed by atoms with E-state index in [4.69, 9.17) is 9.47 Å². The average molecular weight is 302 g/mol. The summed E-state index contributed by atoms with van der Waals surface area (Å²) >= 11 is 0. The average Bonchev–Trinajstić information content (AvgIpc) is 2.97. The van der Waals surface area contributed by atoms with Crippen LogP contribution in [0.3, 0.4) is 0 Å². The van der Waals surface area contributed by atoms with Crippen molar-refractivity contribution in [3.63, 3.8) is 0 Å². The number of rotatable bonds is 1. The number of hydrogen-bond acceptors (Lipinski definition) is 4. The molecule has 4 heteroatoms. The van der Waals surface area contributed by atoms with Gasteiger partial charge in [-0.05, 0) is 37.6 Å². The van der Waals surface area contributed by atoms with Gasteiger partial charge in [-0.2, -0.15) is 0 Å². The minimum Gasteiger partial charge on any atom is -0.485 e. The predicted molar refractivity (Wildman–Crippen MR) is 86.5 cm³/mol. The minimum absolute atomic E-state index is 0.0162. The molecule has 2 saturated heterocycles. The molecular formula is C18H26N2O2. The van der Waals surface area contributed by atoms with Gasteiger partial charge in [-0.3, -0.25) is 4.90 Å². The maximum absolute atomic E-state index is 6.52. The molecule has 120 valence electrons. The zero-order valence-corrected chi connectivity index (χ0v) is 13.7. The molecule has 1 aromatic rings. The molecule has 4 nitrogen and oxygen atoms in total. The normalized spacial score (nSPS) is 32.0. The SMILES string of the molecule is Cc1cc2c(cc1C)C(N1CCOCC1)CC1(CCNC1)O2. The number of aryl methyl sites for hydroxylation is 2. The second kappa shape index (κ2) is 5.52. The van der Waals surface area contributed by atoms with Crippen molar-refractivity contribution in [2.45, 2.75) is 38.3 Å². The topological polar surface area (TPSA) is 33.7 Å². The van der Waals surface area contributed by atoms with Gasteiger partial charge in [-0.15, -0.1) is 0 Å². The molecule has 0 amide bonds. The summed E-state index contributed by atoms with van der Waals surface area (Å²) in [4.78, 5) is 2.60. The lowest BCUT2D eigenvalue weighted by Crippen LogP contribution is -2.49. The highest BCUT2D eigenvalue weighted by atomic mass is 16.5. The van der Waals surface area contributed by atoms with Crippen molar-refractivity contribution in [2.24, 2.45) is 0 Å². The minimum atomic E-state index is -0.0162. The van der Waals surface area contributed by atoms with Gasteiger partial charge in [-0.1, -0.05) is 6.07 Å². The Morgan fingerprint density at radius 2 is 1.95 bits per heavy atom. The molecule has 0 radical (unpaired) electrons. The Balaban J connectivity index is 1.74. The first-order chi connectivity index (χ1) is 10.7. The Morgan fingerprint density at radius 3 is 2.68 bits per heavy atom. The van der Waals surface area contributed by atoms with E-state index in [9.17, 15) is 0 Å². The van der Waals surface area contributed by atoms with E-state index in [-0.39, 0.29) is 5.60 Å². The van der Waals surface area contributed by atoms with E-state index in [2.05, 4.69) is 36.2 Å². The predicted octanol–water partition coefficient (Wildman–Crippen LogP) is 2.19. The molecule has 0 saturated carbocycles. The third kappa shape index (κ3) is 2.43. The van der Waals surface area contributed by atoms with Crippen LogP contribution in [0.2, 0.25) is 0 Å². The molecule has 4 rings (SSSR count). The monoisotopic (exact) mass is 302 g/mol. The Morgan fingerprint density at radius 1 is 1.18 bits per heavy atom. The quantitative estimate of drug-likeness (QED) is 0.862. The highest BCUT2D eigenvalue weighted by Gasteiger charge is 2.45. The van der Waals surface area contributed by atoms with Crippen LogP contribution in [0.25, 0.3) is 0 Å². The number of benzene rings is 1. The summed E-state index contributed by atoms with van der Waals surface area (Å²) in [6, 6.07) is 5.06. The third-order valence-electron chi connectivity index (χ3n) is 5.57. The summed E-state index contributed by atoms with van der Waals surface area (Å²) in [7, 11) is 0. The maximum Gasteiger partial charge on any atom is 0.125 e. The van der Waals surface area contributed by atoms with Crippen molar-refractivity contribution in [1.82, 2.24) is 10.2 Å². The van der Waals surface area contributed by atoms with Crippen molar-refractivity contribution in [2.75, 3.05) is 39.4 Å². The lowest BCUT2D eigenvalue weighted by molar-refractivity contribution is -0.0258. The molecule has 3 aliphatic rings. The molecule has 0 aliphatic carbocycles. The van der Waals surface area contributed by atoms with Crippen molar-refractivity contribution in [1.29, 1.82) is 0 Å². The fourth-order valence-electron chi connectivity index (χ4n) is 4.10. The maximum atomic E-state index is 6.52. The molecular weight excluding hydrogens is 276 g/mol. The lowest BCUT2D eigenvalue weighted by atomic mass is 9.84. The first-order valence-electron chi connectivity index (χ1n) is 8.50. The van der Waals surface area contributed by atoms with Gasteiger partial charge < -0.3 is 14.8 Å².